The first-order valence-corrected chi connectivity index (χ1v) is 12.8. The lowest BCUT2D eigenvalue weighted by atomic mass is 9.56. The van der Waals surface area contributed by atoms with E-state index in [1.165, 1.54) is 12.1 Å². The van der Waals surface area contributed by atoms with E-state index in [9.17, 15) is 49.5 Å². The lowest BCUT2D eigenvalue weighted by molar-refractivity contribution is -0.154. The van der Waals surface area contributed by atoms with Crippen LogP contribution in [0.25, 0.3) is 0 Å². The zero-order valence-electron chi connectivity index (χ0n) is 22.6. The van der Waals surface area contributed by atoms with E-state index in [4.69, 9.17) is 5.73 Å². The van der Waals surface area contributed by atoms with Crippen molar-refractivity contribution >= 4 is 35.2 Å². The molecule has 3 amide bonds. The Labute approximate surface area is 233 Å². The van der Waals surface area contributed by atoms with Gasteiger partial charge in [-0.15, -0.1) is 0 Å². The van der Waals surface area contributed by atoms with Crippen molar-refractivity contribution in [1.29, 1.82) is 0 Å². The van der Waals surface area contributed by atoms with Gasteiger partial charge in [-0.3, -0.25) is 14.4 Å². The number of nitrogens with two attached hydrogens (primary N) is 1. The number of Topliss-reactive ketones (excluding diaryl/α,β-unsaturated/α-hetero) is 2. The van der Waals surface area contributed by atoms with Gasteiger partial charge in [0, 0.05) is 23.8 Å². The maximum Gasteiger partial charge on any atom is 0.328 e. The number of benzene rings is 1. The Bertz CT molecular complexity index is 1450. The predicted octanol–water partition coefficient (Wildman–Crippen LogP) is 0.431. The summed E-state index contributed by atoms with van der Waals surface area (Å²) in [5.74, 6) is -11.0. The highest BCUT2D eigenvalue weighted by molar-refractivity contribution is 6.24. The van der Waals surface area contributed by atoms with Crippen molar-refractivity contribution in [3.8, 4) is 5.75 Å². The maximum absolute atomic E-state index is 13.8. The van der Waals surface area contributed by atoms with Gasteiger partial charge in [-0.25, -0.2) is 9.59 Å². The highest BCUT2D eigenvalue weighted by Gasteiger charge is 2.64. The number of methoxy groups -OCH3 is 1. The van der Waals surface area contributed by atoms with E-state index >= 15 is 0 Å². The minimum absolute atomic E-state index is 0.235. The molecule has 0 heterocycles. The van der Waals surface area contributed by atoms with E-state index in [-0.39, 0.29) is 22.7 Å². The summed E-state index contributed by atoms with van der Waals surface area (Å²) >= 11 is 0. The fourth-order valence-corrected chi connectivity index (χ4v) is 6.02. The molecule has 0 spiro atoms. The third-order valence-corrected chi connectivity index (χ3v) is 8.16. The number of ether oxygens (including phenoxy) is 1. The van der Waals surface area contributed by atoms with E-state index in [1.54, 1.807) is 20.8 Å². The second kappa shape index (κ2) is 10.2. The van der Waals surface area contributed by atoms with Gasteiger partial charge in [0.2, 0.25) is 5.78 Å². The highest BCUT2D eigenvalue weighted by atomic mass is 16.5. The molecule has 0 saturated heterocycles. The van der Waals surface area contributed by atoms with Crippen LogP contribution in [0.2, 0.25) is 0 Å². The fourth-order valence-electron chi connectivity index (χ4n) is 6.02. The number of hydrogen-bond donors (Lipinski definition) is 8. The van der Waals surface area contributed by atoms with Crippen LogP contribution < -0.4 is 16.4 Å². The quantitative estimate of drug-likeness (QED) is 0.136. The third-order valence-electron chi connectivity index (χ3n) is 8.16. The van der Waals surface area contributed by atoms with E-state index < -0.39 is 99.8 Å². The number of aliphatic hydroxyl groups is 4. The molecule has 9 N–H and O–H groups in total. The second-order valence-corrected chi connectivity index (χ2v) is 10.8. The molecule has 3 aliphatic rings. The Morgan fingerprint density at radius 2 is 1.78 bits per heavy atom. The van der Waals surface area contributed by atoms with Crippen molar-refractivity contribution in [1.82, 2.24) is 5.32 Å². The standard InChI is InChI=1S/C27H31N3O11/c1-8(2)18(25(38)41-4)30-26(39)29-12-6-5-10-9(3)14-17(21(34)15(10)20(12)33)23(36)27(40)11(19(14)32)7-13(31)16(22(27)35)24(28)37/h5-6,8-9,11,14,18-19,31-33,36,40H,7H2,1-4H3,(H2,28,37)(H2,29,30,39)/t9-,11+,14+,18?,19+,27+/m0/s1. The number of nitrogens with one attached hydrogen (secondary N) is 2. The van der Waals surface area contributed by atoms with Crippen LogP contribution in [0.5, 0.6) is 5.75 Å². The molecule has 6 atom stereocenters. The van der Waals surface area contributed by atoms with Crippen LogP contribution in [0.4, 0.5) is 10.5 Å². The van der Waals surface area contributed by atoms with Crippen molar-refractivity contribution in [3.63, 3.8) is 0 Å². The third kappa shape index (κ3) is 4.30. The minimum atomic E-state index is -2.96. The summed E-state index contributed by atoms with van der Waals surface area (Å²) in [6, 6.07) is 0.805. The van der Waals surface area contributed by atoms with Crippen LogP contribution in [0.3, 0.4) is 0 Å². The van der Waals surface area contributed by atoms with E-state index in [1.807, 2.05) is 0 Å². The average molecular weight is 574 g/mol. The van der Waals surface area contributed by atoms with Crippen LogP contribution in [0, 0.1) is 17.8 Å². The van der Waals surface area contributed by atoms with E-state index in [2.05, 4.69) is 15.4 Å². The number of ketones is 2. The number of aromatic hydroxyl groups is 1. The van der Waals surface area contributed by atoms with Crippen molar-refractivity contribution in [3.05, 3.63) is 45.9 Å². The van der Waals surface area contributed by atoms with Crippen molar-refractivity contribution in [2.24, 2.45) is 23.5 Å². The number of anilines is 1. The lowest BCUT2D eigenvalue weighted by Crippen LogP contribution is -2.62. The molecule has 0 fully saturated rings. The number of phenolic OH excluding ortho intramolecular Hbond substituents is 1. The maximum atomic E-state index is 13.8. The van der Waals surface area contributed by atoms with Crippen molar-refractivity contribution in [2.75, 3.05) is 12.4 Å². The number of rotatable bonds is 5. The average Bonchev–Trinajstić information content (AvgIpc) is 2.90. The second-order valence-electron chi connectivity index (χ2n) is 10.8. The van der Waals surface area contributed by atoms with Crippen LogP contribution in [-0.4, -0.2) is 79.9 Å². The Morgan fingerprint density at radius 3 is 2.34 bits per heavy atom. The van der Waals surface area contributed by atoms with Crippen molar-refractivity contribution in [2.45, 2.75) is 50.9 Å². The number of carbonyl (C=O) groups is 5. The van der Waals surface area contributed by atoms with Gasteiger partial charge in [-0.05, 0) is 23.5 Å². The van der Waals surface area contributed by atoms with Gasteiger partial charge < -0.3 is 46.6 Å². The molecule has 1 unspecified atom stereocenters. The summed E-state index contributed by atoms with van der Waals surface area (Å²) in [5.41, 5.74) is 0.318. The number of primary amides is 1. The number of fused-ring (bicyclic) bond motifs is 3. The van der Waals surface area contributed by atoms with E-state index in [0.717, 1.165) is 7.11 Å². The molecular weight excluding hydrogens is 542 g/mol. The first-order valence-electron chi connectivity index (χ1n) is 12.8. The molecule has 220 valence electrons. The van der Waals surface area contributed by atoms with Crippen LogP contribution in [0.15, 0.2) is 34.8 Å². The van der Waals surface area contributed by atoms with Gasteiger partial charge in [0.25, 0.3) is 5.91 Å². The topological polar surface area (TPSA) is 246 Å². The predicted molar refractivity (Wildman–Crippen MR) is 140 cm³/mol. The number of aliphatic hydroxyl groups excluding tert-OH is 3. The Morgan fingerprint density at radius 1 is 1.15 bits per heavy atom. The monoisotopic (exact) mass is 573 g/mol. The molecule has 0 radical (unpaired) electrons. The van der Waals surface area contributed by atoms with E-state index in [0.29, 0.717) is 0 Å². The van der Waals surface area contributed by atoms with Crippen LogP contribution >= 0.6 is 0 Å². The molecule has 3 aliphatic carbocycles. The summed E-state index contributed by atoms with van der Waals surface area (Å²) in [6.45, 7) is 4.92. The molecule has 1 aromatic carbocycles. The molecule has 41 heavy (non-hydrogen) atoms. The van der Waals surface area contributed by atoms with Crippen molar-refractivity contribution < 1.29 is 54.2 Å². The number of esters is 1. The summed E-state index contributed by atoms with van der Waals surface area (Å²) in [5, 5.41) is 60.0. The highest BCUT2D eigenvalue weighted by Crippen LogP contribution is 2.55. The molecular formula is C27H31N3O11. The number of allylic oxidation sites excluding steroid dienone is 1. The summed E-state index contributed by atoms with van der Waals surface area (Å²) < 4.78 is 4.69. The normalized spacial score (nSPS) is 28.0. The molecule has 0 aliphatic heterocycles. The fraction of sp³-hybridized carbons (Fsp3) is 0.444. The van der Waals surface area contributed by atoms with Gasteiger partial charge in [0.05, 0.1) is 24.5 Å². The van der Waals surface area contributed by atoms with Gasteiger partial charge in [-0.2, -0.15) is 0 Å². The summed E-state index contributed by atoms with van der Waals surface area (Å²) in [7, 11) is 1.16. The van der Waals surface area contributed by atoms with Gasteiger partial charge in [0.1, 0.15) is 23.1 Å². The first kappa shape index (κ1) is 29.6. The first-order chi connectivity index (χ1) is 19.1. The number of amides is 3. The number of carbonyl (C=O) groups excluding carboxylic acids is 5. The van der Waals surface area contributed by atoms with Gasteiger partial charge in [0.15, 0.2) is 17.1 Å². The molecule has 0 bridgehead atoms. The molecule has 4 rings (SSSR count). The van der Waals surface area contributed by atoms with Gasteiger partial charge in [-0.1, -0.05) is 26.8 Å². The van der Waals surface area contributed by atoms with Crippen LogP contribution in [0.1, 0.15) is 49.0 Å². The van der Waals surface area contributed by atoms with Gasteiger partial charge >= 0.3 is 12.0 Å². The molecule has 1 aromatic rings. The summed E-state index contributed by atoms with van der Waals surface area (Å²) in [6.07, 6.45) is -2.24. The Balaban J connectivity index is 1.78. The number of hydrogen-bond acceptors (Lipinski definition) is 11. The lowest BCUT2D eigenvalue weighted by Gasteiger charge is -2.50. The zero-order chi connectivity index (χ0) is 30.7. The molecule has 0 aromatic heterocycles. The Kier molecular flexibility index (Phi) is 7.35. The zero-order valence-corrected chi connectivity index (χ0v) is 22.6. The largest absolute Gasteiger partial charge is 0.511 e. The molecule has 14 nitrogen and oxygen atoms in total. The Hall–Kier alpha value is -4.43. The molecule has 14 heteroatoms. The number of urea groups is 1. The SMILES string of the molecule is COC(=O)C(NC(=O)Nc1ccc2c(c1O)C(=O)C1=C(O)[C@]3(O)C(=O)C(C(N)=O)=C(O)C[C@@H]3[C@@H](O)[C@@H]1[C@H]2C)C(C)C. The minimum Gasteiger partial charge on any atom is -0.511 e. The summed E-state index contributed by atoms with van der Waals surface area (Å²) in [4.78, 5) is 63.3. The number of phenols is 1. The smallest absolute Gasteiger partial charge is 0.328 e. The molecule has 0 saturated carbocycles. The van der Waals surface area contributed by atoms with Crippen LogP contribution in [-0.2, 0) is 19.1 Å².